The van der Waals surface area contributed by atoms with Crippen LogP contribution in [0.4, 0.5) is 4.39 Å². The van der Waals surface area contributed by atoms with Crippen molar-refractivity contribution in [3.05, 3.63) is 78.1 Å². The van der Waals surface area contributed by atoms with Gasteiger partial charge in [0.25, 0.3) is 5.91 Å². The number of halogens is 1. The molecule has 0 aliphatic carbocycles. The molecule has 0 radical (unpaired) electrons. The second-order valence-corrected chi connectivity index (χ2v) is 9.62. The van der Waals surface area contributed by atoms with Gasteiger partial charge in [-0.15, -0.1) is 0 Å². The minimum Gasteiger partial charge on any atom is -0.469 e. The van der Waals surface area contributed by atoms with Crippen LogP contribution in [-0.4, -0.2) is 53.4 Å². The first kappa shape index (κ1) is 24.0. The zero-order valence-corrected chi connectivity index (χ0v) is 19.5. The van der Waals surface area contributed by atoms with Crippen LogP contribution in [0, 0.1) is 5.82 Å². The summed E-state index contributed by atoms with van der Waals surface area (Å²) in [5, 5.41) is 7.34. The molecule has 0 saturated heterocycles. The molecule has 3 aromatic heterocycles. The molecule has 0 spiro atoms. The Morgan fingerprint density at radius 1 is 1.14 bits per heavy atom. The molecule has 1 atom stereocenters. The summed E-state index contributed by atoms with van der Waals surface area (Å²) in [7, 11) is -2.40. The highest BCUT2D eigenvalue weighted by Crippen LogP contribution is 2.24. The first-order chi connectivity index (χ1) is 16.7. The van der Waals surface area contributed by atoms with E-state index in [9.17, 15) is 22.4 Å². The van der Waals surface area contributed by atoms with Crippen molar-refractivity contribution < 1.29 is 27.1 Å². The quantitative estimate of drug-likeness (QED) is 0.385. The SMILES string of the molecule is COC(=O)CC(NC(=O)c1cncc2c1cnn2-c1ccc(F)cc1)c1ccnc(S(C)(=O)=O)c1. The predicted octanol–water partition coefficient (Wildman–Crippen LogP) is 2.39. The number of carbonyl (C=O) groups excluding carboxylic acids is 2. The average molecular weight is 498 g/mol. The molecule has 12 heteroatoms. The predicted molar refractivity (Wildman–Crippen MR) is 123 cm³/mol. The van der Waals surface area contributed by atoms with Crippen LogP contribution in [0.1, 0.15) is 28.4 Å². The first-order valence-corrected chi connectivity index (χ1v) is 12.2. The standard InChI is InChI=1S/C23H20FN5O5S/c1-34-22(30)10-19(14-7-8-26-21(9-14)35(2,32)33)28-23(31)18-11-25-13-20-17(18)12-27-29(20)16-5-3-15(24)4-6-16/h3-9,11-13,19H,10H2,1-2H3,(H,28,31). The third kappa shape index (κ3) is 5.17. The molecule has 1 unspecified atom stereocenters. The maximum absolute atomic E-state index is 13.3. The van der Waals surface area contributed by atoms with Crippen molar-refractivity contribution in [1.82, 2.24) is 25.1 Å². The summed E-state index contributed by atoms with van der Waals surface area (Å²) in [6, 6.07) is 7.59. The van der Waals surface area contributed by atoms with Crippen molar-refractivity contribution >= 4 is 32.6 Å². The summed E-state index contributed by atoms with van der Waals surface area (Å²) in [6.45, 7) is 0. The highest BCUT2D eigenvalue weighted by molar-refractivity contribution is 7.90. The van der Waals surface area contributed by atoms with Crippen molar-refractivity contribution in [3.63, 3.8) is 0 Å². The average Bonchev–Trinajstić information content (AvgIpc) is 3.27. The fourth-order valence-electron chi connectivity index (χ4n) is 3.49. The number of sulfone groups is 1. The lowest BCUT2D eigenvalue weighted by molar-refractivity contribution is -0.141. The van der Waals surface area contributed by atoms with Gasteiger partial charge in [0.05, 0.1) is 48.7 Å². The van der Waals surface area contributed by atoms with Crippen molar-refractivity contribution in [2.24, 2.45) is 0 Å². The van der Waals surface area contributed by atoms with Crippen LogP contribution in [0.5, 0.6) is 0 Å². The second kappa shape index (κ2) is 9.58. The number of hydrogen-bond donors (Lipinski definition) is 1. The Kier molecular flexibility index (Phi) is 6.56. The summed E-state index contributed by atoms with van der Waals surface area (Å²) in [4.78, 5) is 33.3. The molecule has 0 aliphatic rings. The van der Waals surface area contributed by atoms with Gasteiger partial charge in [0.15, 0.2) is 14.9 Å². The van der Waals surface area contributed by atoms with Crippen LogP contribution in [0.2, 0.25) is 0 Å². The van der Waals surface area contributed by atoms with E-state index in [-0.39, 0.29) is 17.0 Å². The lowest BCUT2D eigenvalue weighted by Gasteiger charge is -2.19. The Morgan fingerprint density at radius 2 is 1.89 bits per heavy atom. The third-order valence-electron chi connectivity index (χ3n) is 5.26. The Morgan fingerprint density at radius 3 is 2.57 bits per heavy atom. The monoisotopic (exact) mass is 497 g/mol. The summed E-state index contributed by atoms with van der Waals surface area (Å²) >= 11 is 0. The molecule has 180 valence electrons. The van der Waals surface area contributed by atoms with Gasteiger partial charge in [-0.3, -0.25) is 14.6 Å². The van der Waals surface area contributed by atoms with E-state index in [1.54, 1.807) is 12.1 Å². The summed E-state index contributed by atoms with van der Waals surface area (Å²) < 4.78 is 43.4. The van der Waals surface area contributed by atoms with E-state index in [0.29, 0.717) is 22.2 Å². The number of esters is 1. The van der Waals surface area contributed by atoms with Crippen LogP contribution < -0.4 is 5.32 Å². The highest BCUT2D eigenvalue weighted by Gasteiger charge is 2.23. The third-order valence-corrected chi connectivity index (χ3v) is 6.24. The molecule has 1 amide bonds. The molecular weight excluding hydrogens is 477 g/mol. The van der Waals surface area contributed by atoms with E-state index in [1.165, 1.54) is 60.8 Å². The molecule has 0 bridgehead atoms. The molecule has 1 aromatic carbocycles. The number of methoxy groups -OCH3 is 1. The van der Waals surface area contributed by atoms with Gasteiger partial charge < -0.3 is 10.1 Å². The van der Waals surface area contributed by atoms with E-state index in [4.69, 9.17) is 4.74 Å². The van der Waals surface area contributed by atoms with Crippen LogP contribution in [-0.2, 0) is 19.4 Å². The number of rotatable bonds is 7. The minimum atomic E-state index is -3.61. The number of benzene rings is 1. The van der Waals surface area contributed by atoms with E-state index < -0.39 is 33.6 Å². The molecule has 1 N–H and O–H groups in total. The van der Waals surface area contributed by atoms with E-state index in [2.05, 4.69) is 20.4 Å². The fraction of sp³-hybridized carbons (Fsp3) is 0.174. The van der Waals surface area contributed by atoms with Gasteiger partial charge in [-0.25, -0.2) is 22.5 Å². The Balaban J connectivity index is 1.70. The normalized spacial score (nSPS) is 12.3. The lowest BCUT2D eigenvalue weighted by atomic mass is 10.0. The zero-order chi connectivity index (χ0) is 25.2. The topological polar surface area (TPSA) is 133 Å². The number of aromatic nitrogens is 4. The molecule has 10 nitrogen and oxygen atoms in total. The largest absolute Gasteiger partial charge is 0.469 e. The maximum atomic E-state index is 13.3. The number of nitrogens with zero attached hydrogens (tertiary/aromatic N) is 4. The number of carbonyl (C=O) groups is 2. The van der Waals surface area contributed by atoms with Gasteiger partial charge in [-0.2, -0.15) is 5.10 Å². The van der Waals surface area contributed by atoms with Crippen molar-refractivity contribution in [2.45, 2.75) is 17.5 Å². The van der Waals surface area contributed by atoms with Gasteiger partial charge in [0, 0.05) is 24.0 Å². The zero-order valence-electron chi connectivity index (χ0n) is 18.7. The van der Waals surface area contributed by atoms with Gasteiger partial charge in [-0.1, -0.05) is 0 Å². The summed E-state index contributed by atoms with van der Waals surface area (Å²) in [5.41, 5.74) is 1.64. The molecule has 3 heterocycles. The van der Waals surface area contributed by atoms with E-state index >= 15 is 0 Å². The highest BCUT2D eigenvalue weighted by atomic mass is 32.2. The van der Waals surface area contributed by atoms with Crippen molar-refractivity contribution in [2.75, 3.05) is 13.4 Å². The number of fused-ring (bicyclic) bond motifs is 1. The van der Waals surface area contributed by atoms with E-state index in [1.807, 2.05) is 0 Å². The summed E-state index contributed by atoms with van der Waals surface area (Å²) in [6.07, 6.45) is 6.43. The summed E-state index contributed by atoms with van der Waals surface area (Å²) in [5.74, 6) is -1.56. The first-order valence-electron chi connectivity index (χ1n) is 10.3. The second-order valence-electron chi connectivity index (χ2n) is 7.66. The van der Waals surface area contributed by atoms with E-state index in [0.717, 1.165) is 6.26 Å². The van der Waals surface area contributed by atoms with Crippen LogP contribution in [0.15, 0.2) is 66.2 Å². The van der Waals surface area contributed by atoms with Gasteiger partial charge in [0.1, 0.15) is 5.82 Å². The molecule has 35 heavy (non-hydrogen) atoms. The van der Waals surface area contributed by atoms with Crippen molar-refractivity contribution in [3.8, 4) is 5.69 Å². The number of amides is 1. The number of nitrogens with one attached hydrogen (secondary N) is 1. The van der Waals surface area contributed by atoms with Gasteiger partial charge in [0.2, 0.25) is 0 Å². The molecule has 0 aliphatic heterocycles. The van der Waals surface area contributed by atoms with Crippen molar-refractivity contribution in [1.29, 1.82) is 0 Å². The number of ether oxygens (including phenoxy) is 1. The maximum Gasteiger partial charge on any atom is 0.307 e. The smallest absolute Gasteiger partial charge is 0.307 e. The minimum absolute atomic E-state index is 0.183. The molecule has 0 fully saturated rings. The molecule has 4 aromatic rings. The molecular formula is C23H20FN5O5S. The Labute approximate surface area is 199 Å². The number of pyridine rings is 2. The fourth-order valence-corrected chi connectivity index (χ4v) is 4.10. The molecule has 0 saturated carbocycles. The Bertz CT molecular complexity index is 1520. The lowest BCUT2D eigenvalue weighted by Crippen LogP contribution is -2.31. The van der Waals surface area contributed by atoms with Crippen LogP contribution >= 0.6 is 0 Å². The van der Waals surface area contributed by atoms with Gasteiger partial charge in [-0.05, 0) is 42.0 Å². The van der Waals surface area contributed by atoms with Gasteiger partial charge >= 0.3 is 5.97 Å². The van der Waals surface area contributed by atoms with Crippen LogP contribution in [0.3, 0.4) is 0 Å². The van der Waals surface area contributed by atoms with Crippen LogP contribution in [0.25, 0.3) is 16.6 Å². The Hall–Kier alpha value is -4.19. The number of hydrogen-bond acceptors (Lipinski definition) is 8. The molecule has 4 rings (SSSR count).